The summed E-state index contributed by atoms with van der Waals surface area (Å²) in [5.74, 6) is -0.922. The first-order valence-corrected chi connectivity index (χ1v) is 9.19. The zero-order valence-electron chi connectivity index (χ0n) is 14.4. The Bertz CT molecular complexity index is 824. The SMILES string of the molecule is CC(C)C(NC(=O)c1ccccc1Cl)C(=O)NN=Cc1cccc(Br)c1. The summed E-state index contributed by atoms with van der Waals surface area (Å²) in [7, 11) is 0. The average molecular weight is 437 g/mol. The molecule has 0 radical (unpaired) electrons. The van der Waals surface area contributed by atoms with Crippen LogP contribution in [0.3, 0.4) is 0 Å². The van der Waals surface area contributed by atoms with Gasteiger partial charge in [-0.2, -0.15) is 5.10 Å². The van der Waals surface area contributed by atoms with Crippen molar-refractivity contribution in [2.24, 2.45) is 11.0 Å². The molecule has 26 heavy (non-hydrogen) atoms. The van der Waals surface area contributed by atoms with Crippen LogP contribution < -0.4 is 10.7 Å². The maximum atomic E-state index is 12.4. The van der Waals surface area contributed by atoms with E-state index in [0.29, 0.717) is 10.6 Å². The molecule has 0 saturated heterocycles. The van der Waals surface area contributed by atoms with Crippen molar-refractivity contribution in [3.8, 4) is 0 Å². The minimum atomic E-state index is -0.738. The predicted molar refractivity (Wildman–Crippen MR) is 107 cm³/mol. The van der Waals surface area contributed by atoms with Gasteiger partial charge >= 0.3 is 0 Å². The third-order valence-electron chi connectivity index (χ3n) is 3.59. The Morgan fingerprint density at radius 1 is 1.15 bits per heavy atom. The minimum Gasteiger partial charge on any atom is -0.340 e. The lowest BCUT2D eigenvalue weighted by molar-refractivity contribution is -0.123. The standard InChI is InChI=1S/C19H19BrClN3O2/c1-12(2)17(23-18(25)15-8-3-4-9-16(15)21)19(26)24-22-11-13-6-5-7-14(20)10-13/h3-12,17H,1-2H3,(H,23,25)(H,24,26). The summed E-state index contributed by atoms with van der Waals surface area (Å²) < 4.78 is 0.917. The Labute approximate surface area is 166 Å². The molecule has 1 unspecified atom stereocenters. The molecule has 2 aromatic carbocycles. The van der Waals surface area contributed by atoms with Crippen LogP contribution in [0.4, 0.5) is 0 Å². The highest BCUT2D eigenvalue weighted by molar-refractivity contribution is 9.10. The maximum Gasteiger partial charge on any atom is 0.262 e. The van der Waals surface area contributed by atoms with E-state index in [-0.39, 0.29) is 5.92 Å². The third kappa shape index (κ3) is 5.68. The van der Waals surface area contributed by atoms with Gasteiger partial charge in [-0.1, -0.05) is 65.6 Å². The van der Waals surface area contributed by atoms with Gasteiger partial charge in [-0.05, 0) is 35.7 Å². The van der Waals surface area contributed by atoms with E-state index >= 15 is 0 Å². The van der Waals surface area contributed by atoms with Gasteiger partial charge in [0, 0.05) is 4.47 Å². The smallest absolute Gasteiger partial charge is 0.262 e. The zero-order valence-corrected chi connectivity index (χ0v) is 16.7. The van der Waals surface area contributed by atoms with Crippen molar-refractivity contribution in [1.82, 2.24) is 10.7 Å². The molecule has 2 amide bonds. The fourth-order valence-corrected chi connectivity index (χ4v) is 2.86. The van der Waals surface area contributed by atoms with Crippen LogP contribution in [0, 0.1) is 5.92 Å². The van der Waals surface area contributed by atoms with Gasteiger partial charge in [0.15, 0.2) is 0 Å². The number of benzene rings is 2. The Morgan fingerprint density at radius 2 is 1.88 bits per heavy atom. The highest BCUT2D eigenvalue weighted by atomic mass is 79.9. The lowest BCUT2D eigenvalue weighted by atomic mass is 10.0. The number of carbonyl (C=O) groups excluding carboxylic acids is 2. The highest BCUT2D eigenvalue weighted by Crippen LogP contribution is 2.15. The number of halogens is 2. The second-order valence-electron chi connectivity index (χ2n) is 5.96. The van der Waals surface area contributed by atoms with Gasteiger partial charge < -0.3 is 5.32 Å². The molecule has 0 bridgehead atoms. The van der Waals surface area contributed by atoms with E-state index in [1.807, 2.05) is 38.1 Å². The molecule has 2 rings (SSSR count). The van der Waals surface area contributed by atoms with Crippen molar-refractivity contribution in [1.29, 1.82) is 0 Å². The number of hydrogen-bond acceptors (Lipinski definition) is 3. The zero-order chi connectivity index (χ0) is 19.1. The molecule has 2 N–H and O–H groups in total. The molecule has 0 aliphatic carbocycles. The molecule has 0 aromatic heterocycles. The van der Waals surface area contributed by atoms with E-state index in [9.17, 15) is 9.59 Å². The van der Waals surface area contributed by atoms with Gasteiger partial charge in [-0.25, -0.2) is 5.43 Å². The van der Waals surface area contributed by atoms with E-state index in [4.69, 9.17) is 11.6 Å². The molecule has 7 heteroatoms. The van der Waals surface area contributed by atoms with Crippen molar-refractivity contribution in [3.63, 3.8) is 0 Å². The highest BCUT2D eigenvalue weighted by Gasteiger charge is 2.25. The first-order chi connectivity index (χ1) is 12.4. The maximum absolute atomic E-state index is 12.4. The van der Waals surface area contributed by atoms with Crippen molar-refractivity contribution >= 4 is 45.6 Å². The Kier molecular flexibility index (Phi) is 7.36. The number of amides is 2. The van der Waals surface area contributed by atoms with Crippen LogP contribution in [0.5, 0.6) is 0 Å². The minimum absolute atomic E-state index is 0.123. The largest absolute Gasteiger partial charge is 0.340 e. The van der Waals surface area contributed by atoms with Gasteiger partial charge in [0.2, 0.25) is 0 Å². The Morgan fingerprint density at radius 3 is 2.54 bits per heavy atom. The quantitative estimate of drug-likeness (QED) is 0.530. The molecule has 5 nitrogen and oxygen atoms in total. The second-order valence-corrected chi connectivity index (χ2v) is 7.29. The normalized spacial score (nSPS) is 12.2. The van der Waals surface area contributed by atoms with E-state index in [0.717, 1.165) is 10.0 Å². The monoisotopic (exact) mass is 435 g/mol. The van der Waals surface area contributed by atoms with Crippen LogP contribution in [-0.4, -0.2) is 24.1 Å². The van der Waals surface area contributed by atoms with Gasteiger partial charge in [0.1, 0.15) is 6.04 Å². The van der Waals surface area contributed by atoms with Crippen molar-refractivity contribution in [3.05, 3.63) is 69.2 Å². The van der Waals surface area contributed by atoms with Crippen LogP contribution in [0.1, 0.15) is 29.8 Å². The van der Waals surface area contributed by atoms with Crippen LogP contribution in [0.25, 0.3) is 0 Å². The summed E-state index contributed by atoms with van der Waals surface area (Å²) in [6.45, 7) is 3.68. The first-order valence-electron chi connectivity index (χ1n) is 8.02. The number of nitrogens with one attached hydrogen (secondary N) is 2. The number of hydrazone groups is 1. The van der Waals surface area contributed by atoms with Crippen molar-refractivity contribution in [2.75, 3.05) is 0 Å². The van der Waals surface area contributed by atoms with Crippen molar-refractivity contribution in [2.45, 2.75) is 19.9 Å². The van der Waals surface area contributed by atoms with Crippen molar-refractivity contribution < 1.29 is 9.59 Å². The number of hydrogen-bond donors (Lipinski definition) is 2. The molecule has 0 saturated carbocycles. The van der Waals surface area contributed by atoms with E-state index in [2.05, 4.69) is 31.8 Å². The second kappa shape index (κ2) is 9.50. The van der Waals surface area contributed by atoms with E-state index < -0.39 is 17.9 Å². The molecule has 0 aliphatic heterocycles. The van der Waals surface area contributed by atoms with Gasteiger partial charge in [0.05, 0.1) is 16.8 Å². The lowest BCUT2D eigenvalue weighted by Crippen LogP contribution is -2.48. The molecule has 1 atom stereocenters. The molecule has 0 aliphatic rings. The summed E-state index contributed by atoms with van der Waals surface area (Å²) in [4.78, 5) is 24.8. The summed E-state index contributed by atoms with van der Waals surface area (Å²) in [5.41, 5.74) is 3.63. The topological polar surface area (TPSA) is 70.6 Å². The van der Waals surface area contributed by atoms with Crippen LogP contribution in [0.15, 0.2) is 58.1 Å². The average Bonchev–Trinajstić information content (AvgIpc) is 2.59. The molecule has 136 valence electrons. The number of carbonyl (C=O) groups is 2. The van der Waals surface area contributed by atoms with Crippen LogP contribution in [-0.2, 0) is 4.79 Å². The lowest BCUT2D eigenvalue weighted by Gasteiger charge is -2.20. The van der Waals surface area contributed by atoms with Crippen LogP contribution in [0.2, 0.25) is 5.02 Å². The fourth-order valence-electron chi connectivity index (χ4n) is 2.23. The molecule has 0 heterocycles. The van der Waals surface area contributed by atoms with Gasteiger partial charge in [-0.3, -0.25) is 9.59 Å². The molecular formula is C19H19BrClN3O2. The van der Waals surface area contributed by atoms with Crippen LogP contribution >= 0.6 is 27.5 Å². The fraction of sp³-hybridized carbons (Fsp3) is 0.211. The molecular weight excluding hydrogens is 418 g/mol. The van der Waals surface area contributed by atoms with Gasteiger partial charge in [-0.15, -0.1) is 0 Å². The first kappa shape index (κ1) is 20.1. The Hall–Kier alpha value is -2.18. The summed E-state index contributed by atoms with van der Waals surface area (Å²) in [6, 6.07) is 13.5. The Balaban J connectivity index is 2.03. The summed E-state index contributed by atoms with van der Waals surface area (Å²) in [5, 5.41) is 7.01. The number of rotatable bonds is 6. The number of nitrogens with zero attached hydrogens (tertiary/aromatic N) is 1. The van der Waals surface area contributed by atoms with Gasteiger partial charge in [0.25, 0.3) is 11.8 Å². The summed E-state index contributed by atoms with van der Waals surface area (Å²) in [6.07, 6.45) is 1.54. The molecule has 2 aromatic rings. The molecule has 0 spiro atoms. The third-order valence-corrected chi connectivity index (χ3v) is 4.41. The molecule has 0 fully saturated rings. The van der Waals surface area contributed by atoms with E-state index in [1.165, 1.54) is 6.21 Å². The summed E-state index contributed by atoms with van der Waals surface area (Å²) >= 11 is 9.41. The predicted octanol–water partition coefficient (Wildman–Crippen LogP) is 4.01. The van der Waals surface area contributed by atoms with E-state index in [1.54, 1.807) is 24.3 Å².